The summed E-state index contributed by atoms with van der Waals surface area (Å²) in [5, 5.41) is 4.85. The number of rotatable bonds is 3. The van der Waals surface area contributed by atoms with E-state index in [1.807, 2.05) is 12.1 Å². The second-order valence-electron chi connectivity index (χ2n) is 4.66. The summed E-state index contributed by atoms with van der Waals surface area (Å²) in [4.78, 5) is 0. The van der Waals surface area contributed by atoms with E-state index in [0.717, 1.165) is 12.2 Å². The van der Waals surface area contributed by atoms with Gasteiger partial charge in [0.1, 0.15) is 0 Å². The fourth-order valence-electron chi connectivity index (χ4n) is 2.49. The summed E-state index contributed by atoms with van der Waals surface area (Å²) < 4.78 is 0. The third-order valence-electron chi connectivity index (χ3n) is 3.48. The van der Waals surface area contributed by atoms with Crippen molar-refractivity contribution < 1.29 is 0 Å². The number of hydrogen-bond acceptors (Lipinski definition) is 2. The van der Waals surface area contributed by atoms with Gasteiger partial charge in [-0.15, -0.1) is 0 Å². The number of halogens is 2. The number of nitrogens with one attached hydrogen (secondary N) is 1. The van der Waals surface area contributed by atoms with Crippen molar-refractivity contribution in [2.24, 2.45) is 11.7 Å². The zero-order chi connectivity index (χ0) is 12.3. The van der Waals surface area contributed by atoms with Crippen LogP contribution in [0.1, 0.15) is 25.7 Å². The van der Waals surface area contributed by atoms with Gasteiger partial charge in [-0.2, -0.15) is 0 Å². The van der Waals surface area contributed by atoms with Gasteiger partial charge < -0.3 is 11.1 Å². The molecule has 2 unspecified atom stereocenters. The Morgan fingerprint density at radius 1 is 1.24 bits per heavy atom. The molecule has 1 saturated carbocycles. The van der Waals surface area contributed by atoms with Crippen molar-refractivity contribution in [2.75, 3.05) is 11.9 Å². The first-order valence-electron chi connectivity index (χ1n) is 6.12. The minimum atomic E-state index is 0.437. The van der Waals surface area contributed by atoms with E-state index in [4.69, 9.17) is 28.9 Å². The molecule has 94 valence electrons. The Morgan fingerprint density at radius 3 is 2.71 bits per heavy atom. The molecule has 0 saturated heterocycles. The first-order chi connectivity index (χ1) is 8.20. The van der Waals surface area contributed by atoms with Crippen LogP contribution in [-0.2, 0) is 0 Å². The van der Waals surface area contributed by atoms with Crippen molar-refractivity contribution >= 4 is 28.9 Å². The highest BCUT2D eigenvalue weighted by atomic mass is 35.5. The van der Waals surface area contributed by atoms with Crippen LogP contribution >= 0.6 is 23.2 Å². The predicted molar refractivity (Wildman–Crippen MR) is 74.9 cm³/mol. The summed E-state index contributed by atoms with van der Waals surface area (Å²) in [6.07, 6.45) is 4.92. The monoisotopic (exact) mass is 272 g/mol. The number of benzene rings is 1. The fourth-order valence-corrected chi connectivity index (χ4v) is 2.95. The summed E-state index contributed by atoms with van der Waals surface area (Å²) in [6, 6.07) is 6.00. The minimum Gasteiger partial charge on any atom is -0.381 e. The summed E-state index contributed by atoms with van der Waals surface area (Å²) in [5.41, 5.74) is 6.78. The van der Waals surface area contributed by atoms with Crippen LogP contribution < -0.4 is 11.1 Å². The highest BCUT2D eigenvalue weighted by molar-refractivity contribution is 6.36. The molecule has 3 N–H and O–H groups in total. The Kier molecular flexibility index (Phi) is 4.55. The quantitative estimate of drug-likeness (QED) is 0.875. The lowest BCUT2D eigenvalue weighted by Gasteiger charge is -2.32. The highest BCUT2D eigenvalue weighted by Gasteiger charge is 2.24. The molecular formula is C13H18Cl2N2. The van der Waals surface area contributed by atoms with Gasteiger partial charge in [0.25, 0.3) is 0 Å². The zero-order valence-electron chi connectivity index (χ0n) is 9.76. The second-order valence-corrected chi connectivity index (χ2v) is 5.50. The van der Waals surface area contributed by atoms with E-state index in [1.165, 1.54) is 25.7 Å². The van der Waals surface area contributed by atoms with Crippen LogP contribution in [0.15, 0.2) is 18.2 Å². The molecule has 1 aromatic carbocycles. The third-order valence-corrected chi connectivity index (χ3v) is 4.03. The molecule has 0 aromatic heterocycles. The summed E-state index contributed by atoms with van der Waals surface area (Å²) in [7, 11) is 0. The lowest BCUT2D eigenvalue weighted by atomic mass is 9.84. The Labute approximate surface area is 112 Å². The van der Waals surface area contributed by atoms with Gasteiger partial charge >= 0.3 is 0 Å². The summed E-state index contributed by atoms with van der Waals surface area (Å²) in [6.45, 7) is 0.739. The van der Waals surface area contributed by atoms with Gasteiger partial charge in [-0.3, -0.25) is 0 Å². The maximum atomic E-state index is 6.16. The largest absolute Gasteiger partial charge is 0.381 e. The van der Waals surface area contributed by atoms with E-state index < -0.39 is 0 Å². The van der Waals surface area contributed by atoms with Crippen molar-refractivity contribution in [3.63, 3.8) is 0 Å². The Balaban J connectivity index is 2.08. The van der Waals surface area contributed by atoms with Crippen molar-refractivity contribution in [2.45, 2.75) is 31.7 Å². The number of hydrogen-bond donors (Lipinski definition) is 2. The Morgan fingerprint density at radius 2 is 2.00 bits per heavy atom. The van der Waals surface area contributed by atoms with Crippen molar-refractivity contribution in [3.05, 3.63) is 28.2 Å². The average Bonchev–Trinajstić information content (AvgIpc) is 2.33. The molecule has 17 heavy (non-hydrogen) atoms. The van der Waals surface area contributed by atoms with Gasteiger partial charge in [-0.25, -0.2) is 0 Å². The van der Waals surface area contributed by atoms with Crippen LogP contribution in [0.3, 0.4) is 0 Å². The highest BCUT2D eigenvalue weighted by Crippen LogP contribution is 2.31. The molecule has 1 fully saturated rings. The van der Waals surface area contributed by atoms with E-state index in [9.17, 15) is 0 Å². The van der Waals surface area contributed by atoms with Gasteiger partial charge in [0.2, 0.25) is 0 Å². The first kappa shape index (κ1) is 13.0. The molecule has 1 aliphatic carbocycles. The normalized spacial score (nSPS) is 24.6. The van der Waals surface area contributed by atoms with Crippen LogP contribution in [0, 0.1) is 5.92 Å². The molecule has 1 aromatic rings. The zero-order valence-corrected chi connectivity index (χ0v) is 11.3. The van der Waals surface area contributed by atoms with Crippen LogP contribution in [0.5, 0.6) is 0 Å². The van der Waals surface area contributed by atoms with Gasteiger partial charge in [0, 0.05) is 11.1 Å². The molecule has 0 amide bonds. The molecular weight excluding hydrogens is 255 g/mol. The molecule has 2 atom stereocenters. The van der Waals surface area contributed by atoms with E-state index in [-0.39, 0.29) is 0 Å². The van der Waals surface area contributed by atoms with Crippen LogP contribution in [0.25, 0.3) is 0 Å². The van der Waals surface area contributed by atoms with Crippen LogP contribution in [0.4, 0.5) is 5.69 Å². The van der Waals surface area contributed by atoms with Gasteiger partial charge in [0.15, 0.2) is 0 Å². The topological polar surface area (TPSA) is 38.0 Å². The second kappa shape index (κ2) is 5.94. The van der Waals surface area contributed by atoms with E-state index in [1.54, 1.807) is 6.07 Å². The molecule has 4 heteroatoms. The average molecular weight is 273 g/mol. The third kappa shape index (κ3) is 3.27. The number of nitrogens with two attached hydrogens (primary N) is 1. The molecule has 2 rings (SSSR count). The molecule has 0 radical (unpaired) electrons. The summed E-state index contributed by atoms with van der Waals surface area (Å²) in [5.74, 6) is 0.551. The standard InChI is InChI=1S/C13H18Cl2N2/c14-10-5-6-13(11(15)7-10)17-12-4-2-1-3-9(12)8-16/h5-7,9,12,17H,1-4,8,16H2. The van der Waals surface area contributed by atoms with Gasteiger partial charge in [-0.1, -0.05) is 36.0 Å². The van der Waals surface area contributed by atoms with Crippen LogP contribution in [0.2, 0.25) is 10.0 Å². The van der Waals surface area contributed by atoms with Crippen LogP contribution in [-0.4, -0.2) is 12.6 Å². The SMILES string of the molecule is NCC1CCCCC1Nc1ccc(Cl)cc1Cl. The molecule has 0 bridgehead atoms. The molecule has 0 aliphatic heterocycles. The lowest BCUT2D eigenvalue weighted by molar-refractivity contribution is 0.332. The number of anilines is 1. The van der Waals surface area contributed by atoms with E-state index in [0.29, 0.717) is 22.0 Å². The van der Waals surface area contributed by atoms with E-state index in [2.05, 4.69) is 5.32 Å². The Bertz CT molecular complexity index is 382. The molecule has 2 nitrogen and oxygen atoms in total. The lowest BCUT2D eigenvalue weighted by Crippen LogP contribution is -2.36. The van der Waals surface area contributed by atoms with Crippen molar-refractivity contribution in [1.82, 2.24) is 0 Å². The maximum Gasteiger partial charge on any atom is 0.0652 e. The van der Waals surface area contributed by atoms with Gasteiger partial charge in [-0.05, 0) is 43.5 Å². The van der Waals surface area contributed by atoms with E-state index >= 15 is 0 Å². The Hall–Kier alpha value is -0.440. The maximum absolute atomic E-state index is 6.16. The summed E-state index contributed by atoms with van der Waals surface area (Å²) >= 11 is 12.0. The predicted octanol–water partition coefficient (Wildman–Crippen LogP) is 3.92. The first-order valence-corrected chi connectivity index (χ1v) is 6.88. The van der Waals surface area contributed by atoms with Gasteiger partial charge in [0.05, 0.1) is 10.7 Å². The molecule has 0 heterocycles. The minimum absolute atomic E-state index is 0.437. The van der Waals surface area contributed by atoms with Crippen molar-refractivity contribution in [1.29, 1.82) is 0 Å². The smallest absolute Gasteiger partial charge is 0.0652 e. The van der Waals surface area contributed by atoms with Crippen molar-refractivity contribution in [3.8, 4) is 0 Å². The molecule has 0 spiro atoms. The molecule has 1 aliphatic rings. The fraction of sp³-hybridized carbons (Fsp3) is 0.538.